The molecule has 0 spiro atoms. The van der Waals surface area contributed by atoms with Crippen molar-refractivity contribution in [3.8, 4) is 0 Å². The molecule has 158 valence electrons. The number of benzene rings is 2. The lowest BCUT2D eigenvalue weighted by atomic mass is 10.1. The maximum absolute atomic E-state index is 13.3. The topological polar surface area (TPSA) is 66.5 Å². The van der Waals surface area contributed by atoms with Crippen molar-refractivity contribution in [1.82, 2.24) is 0 Å². The molecule has 5 nitrogen and oxygen atoms in total. The molecule has 0 aliphatic rings. The smallest absolute Gasteiger partial charge is 0.324 e. The first kappa shape index (κ1) is 23.3. The summed E-state index contributed by atoms with van der Waals surface area (Å²) in [6.07, 6.45) is -3.85. The molecule has 1 N–H and O–H groups in total. The van der Waals surface area contributed by atoms with Gasteiger partial charge in [0, 0.05) is 10.0 Å². The molecule has 0 aliphatic heterocycles. The summed E-state index contributed by atoms with van der Waals surface area (Å²) in [6, 6.07) is 7.31. The number of nitrogens with zero attached hydrogens (tertiary/aromatic N) is 1. The van der Waals surface area contributed by atoms with Gasteiger partial charge in [0.2, 0.25) is 15.9 Å². The monoisotopic (exact) mass is 468 g/mol. The van der Waals surface area contributed by atoms with E-state index in [0.717, 1.165) is 16.6 Å². The number of sulfonamides is 1. The molecule has 2 aromatic rings. The molecule has 0 aromatic heterocycles. The van der Waals surface area contributed by atoms with E-state index in [1.54, 1.807) is 6.92 Å². The minimum absolute atomic E-state index is 0.0104. The van der Waals surface area contributed by atoms with Gasteiger partial charge in [0.05, 0.1) is 23.2 Å². The summed E-state index contributed by atoms with van der Waals surface area (Å²) in [7, 11) is -3.94. The third-order valence-corrected chi connectivity index (χ3v) is 5.62. The molecule has 29 heavy (non-hydrogen) atoms. The fourth-order valence-electron chi connectivity index (χ4n) is 2.72. The molecule has 11 heteroatoms. The zero-order valence-electron chi connectivity index (χ0n) is 15.3. The highest BCUT2D eigenvalue weighted by atomic mass is 35.5. The van der Waals surface area contributed by atoms with Crippen LogP contribution in [0.3, 0.4) is 0 Å². The summed E-state index contributed by atoms with van der Waals surface area (Å²) in [4.78, 5) is 12.8. The van der Waals surface area contributed by atoms with Crippen molar-refractivity contribution in [2.75, 3.05) is 15.9 Å². The van der Waals surface area contributed by atoms with Crippen LogP contribution in [-0.4, -0.2) is 26.6 Å². The van der Waals surface area contributed by atoms with Crippen molar-refractivity contribution in [1.29, 1.82) is 0 Å². The molecule has 1 amide bonds. The van der Waals surface area contributed by atoms with E-state index < -0.39 is 39.4 Å². The number of carbonyl (C=O) groups excluding carboxylic acids is 1. The van der Waals surface area contributed by atoms with Gasteiger partial charge in [-0.2, -0.15) is 13.2 Å². The van der Waals surface area contributed by atoms with Gasteiger partial charge >= 0.3 is 6.18 Å². The Balaban J connectivity index is 2.45. The first-order valence-electron chi connectivity index (χ1n) is 8.27. The molecular formula is C18H17Cl2F3N2O3S. The quantitative estimate of drug-likeness (QED) is 0.633. The normalized spacial score (nSPS) is 13.1. The van der Waals surface area contributed by atoms with Gasteiger partial charge in [0.15, 0.2) is 0 Å². The SMILES string of the molecule is CCC(C(=O)Nc1ccc(Cl)cc1C(F)(F)F)N(c1ccc(Cl)cc1)S(C)(=O)=O. The number of anilines is 2. The Morgan fingerprint density at radius 3 is 2.14 bits per heavy atom. The third kappa shape index (κ3) is 5.77. The summed E-state index contributed by atoms with van der Waals surface area (Å²) in [6.45, 7) is 1.55. The van der Waals surface area contributed by atoms with Crippen molar-refractivity contribution in [3.63, 3.8) is 0 Å². The minimum Gasteiger partial charge on any atom is -0.324 e. The molecule has 2 aromatic carbocycles. The second kappa shape index (κ2) is 8.81. The lowest BCUT2D eigenvalue weighted by Gasteiger charge is -2.30. The average molecular weight is 469 g/mol. The zero-order valence-corrected chi connectivity index (χ0v) is 17.6. The molecule has 0 aliphatic carbocycles. The molecule has 0 fully saturated rings. The van der Waals surface area contributed by atoms with Crippen molar-refractivity contribution in [2.45, 2.75) is 25.6 Å². The second-order valence-corrected chi connectivity index (χ2v) is 8.87. The van der Waals surface area contributed by atoms with E-state index in [9.17, 15) is 26.4 Å². The van der Waals surface area contributed by atoms with Gasteiger partial charge < -0.3 is 5.32 Å². The van der Waals surface area contributed by atoms with Gasteiger partial charge in [-0.05, 0) is 48.9 Å². The van der Waals surface area contributed by atoms with E-state index in [-0.39, 0.29) is 17.1 Å². The summed E-state index contributed by atoms with van der Waals surface area (Å²) in [5, 5.41) is 2.38. The van der Waals surface area contributed by atoms with Gasteiger partial charge in [0.25, 0.3) is 0 Å². The lowest BCUT2D eigenvalue weighted by Crippen LogP contribution is -2.47. The number of amides is 1. The number of hydrogen-bond acceptors (Lipinski definition) is 3. The largest absolute Gasteiger partial charge is 0.418 e. The Labute approximate surface area is 176 Å². The van der Waals surface area contributed by atoms with Crippen LogP contribution in [0.15, 0.2) is 42.5 Å². The number of hydrogen-bond donors (Lipinski definition) is 1. The fourth-order valence-corrected chi connectivity index (χ4v) is 4.23. The van der Waals surface area contributed by atoms with Gasteiger partial charge in [-0.1, -0.05) is 30.1 Å². The van der Waals surface area contributed by atoms with Crippen LogP contribution in [0.25, 0.3) is 0 Å². The highest BCUT2D eigenvalue weighted by Crippen LogP contribution is 2.37. The van der Waals surface area contributed by atoms with Gasteiger partial charge in [-0.3, -0.25) is 9.10 Å². The molecule has 1 unspecified atom stereocenters. The fraction of sp³-hybridized carbons (Fsp3) is 0.278. The summed E-state index contributed by atoms with van der Waals surface area (Å²) in [5.74, 6) is -0.916. The Morgan fingerprint density at radius 1 is 1.10 bits per heavy atom. The minimum atomic E-state index is -4.76. The highest BCUT2D eigenvalue weighted by molar-refractivity contribution is 7.92. The van der Waals surface area contributed by atoms with Gasteiger partial charge in [-0.25, -0.2) is 8.42 Å². The van der Waals surface area contributed by atoms with Crippen LogP contribution in [0.1, 0.15) is 18.9 Å². The van der Waals surface area contributed by atoms with Gasteiger partial charge in [0.1, 0.15) is 6.04 Å². The molecule has 0 radical (unpaired) electrons. The van der Waals surface area contributed by atoms with Crippen LogP contribution in [-0.2, 0) is 21.0 Å². The van der Waals surface area contributed by atoms with E-state index in [4.69, 9.17) is 23.2 Å². The van der Waals surface area contributed by atoms with Crippen LogP contribution in [0.4, 0.5) is 24.5 Å². The molecule has 1 atom stereocenters. The number of carbonyl (C=O) groups is 1. The predicted molar refractivity (Wildman–Crippen MR) is 108 cm³/mol. The molecule has 0 bridgehead atoms. The Morgan fingerprint density at radius 2 is 1.66 bits per heavy atom. The van der Waals surface area contributed by atoms with Crippen molar-refractivity contribution in [2.24, 2.45) is 0 Å². The van der Waals surface area contributed by atoms with Gasteiger partial charge in [-0.15, -0.1) is 0 Å². The summed E-state index contributed by atoms with van der Waals surface area (Å²) in [5.41, 5.74) is -1.49. The van der Waals surface area contributed by atoms with Crippen molar-refractivity contribution >= 4 is 50.5 Å². The van der Waals surface area contributed by atoms with E-state index in [2.05, 4.69) is 5.32 Å². The number of halogens is 5. The molecule has 0 saturated heterocycles. The number of alkyl halides is 3. The van der Waals surface area contributed by atoms with Crippen LogP contribution in [0.2, 0.25) is 10.0 Å². The Kier molecular flexibility index (Phi) is 7.08. The third-order valence-electron chi connectivity index (χ3n) is 3.96. The van der Waals surface area contributed by atoms with E-state index in [0.29, 0.717) is 11.1 Å². The van der Waals surface area contributed by atoms with Crippen molar-refractivity contribution in [3.05, 3.63) is 58.1 Å². The van der Waals surface area contributed by atoms with Crippen LogP contribution >= 0.6 is 23.2 Å². The van der Waals surface area contributed by atoms with Crippen LogP contribution in [0.5, 0.6) is 0 Å². The second-order valence-electron chi connectivity index (χ2n) is 6.14. The summed E-state index contributed by atoms with van der Waals surface area (Å²) >= 11 is 11.5. The van der Waals surface area contributed by atoms with E-state index >= 15 is 0 Å². The van der Waals surface area contributed by atoms with E-state index in [1.165, 1.54) is 30.3 Å². The molecule has 0 heterocycles. The van der Waals surface area contributed by atoms with Crippen LogP contribution < -0.4 is 9.62 Å². The molecule has 0 saturated carbocycles. The zero-order chi connectivity index (χ0) is 22.0. The Bertz CT molecular complexity index is 996. The average Bonchev–Trinajstić information content (AvgIpc) is 2.60. The Hall–Kier alpha value is -1.97. The van der Waals surface area contributed by atoms with Crippen molar-refractivity contribution < 1.29 is 26.4 Å². The standard InChI is InChI=1S/C18H17Cl2F3N2O3S/c1-3-16(25(29(2,27)28)13-7-4-11(19)5-8-13)17(26)24-15-9-6-12(20)10-14(15)18(21,22)23/h4-10,16H,3H2,1-2H3,(H,24,26). The number of nitrogens with one attached hydrogen (secondary N) is 1. The van der Waals surface area contributed by atoms with E-state index in [1.807, 2.05) is 0 Å². The molecular weight excluding hydrogens is 452 g/mol. The lowest BCUT2D eigenvalue weighted by molar-refractivity contribution is -0.137. The maximum Gasteiger partial charge on any atom is 0.418 e. The predicted octanol–water partition coefficient (Wildman–Crippen LogP) is 5.20. The first-order chi connectivity index (χ1) is 13.3. The number of rotatable bonds is 6. The first-order valence-corrected chi connectivity index (χ1v) is 10.9. The van der Waals surface area contributed by atoms with Crippen LogP contribution in [0, 0.1) is 0 Å². The summed E-state index contributed by atoms with van der Waals surface area (Å²) < 4.78 is 65.4. The maximum atomic E-state index is 13.3. The molecule has 2 rings (SSSR count). The highest BCUT2D eigenvalue weighted by Gasteiger charge is 2.36.